The Kier molecular flexibility index (Phi) is 6.33. The summed E-state index contributed by atoms with van der Waals surface area (Å²) in [5.74, 6) is 0.410. The maximum Gasteiger partial charge on any atom is 0.318 e. The largest absolute Gasteiger partial charge is 0.352 e. The van der Waals surface area contributed by atoms with Crippen LogP contribution < -0.4 is 10.6 Å². The van der Waals surface area contributed by atoms with Crippen molar-refractivity contribution >= 4 is 17.6 Å². The van der Waals surface area contributed by atoms with Crippen molar-refractivity contribution in [3.63, 3.8) is 0 Å². The molecular formula is C31H34N6O2. The van der Waals surface area contributed by atoms with Crippen LogP contribution in [0.1, 0.15) is 55.4 Å². The van der Waals surface area contributed by atoms with Gasteiger partial charge in [0.15, 0.2) is 5.65 Å². The van der Waals surface area contributed by atoms with Crippen molar-refractivity contribution in [3.05, 3.63) is 89.4 Å². The van der Waals surface area contributed by atoms with Crippen molar-refractivity contribution in [3.8, 4) is 11.1 Å². The van der Waals surface area contributed by atoms with Gasteiger partial charge in [0.2, 0.25) is 5.91 Å². The first-order valence-electron chi connectivity index (χ1n) is 13.6. The van der Waals surface area contributed by atoms with Gasteiger partial charge in [-0.25, -0.2) is 14.3 Å². The third kappa shape index (κ3) is 5.24. The molecule has 2 N–H and O–H groups in total. The lowest BCUT2D eigenvalue weighted by Gasteiger charge is -2.34. The molecule has 3 heterocycles. The van der Waals surface area contributed by atoms with Crippen LogP contribution in [0, 0.1) is 5.92 Å². The van der Waals surface area contributed by atoms with E-state index in [0.717, 1.165) is 40.7 Å². The van der Waals surface area contributed by atoms with Crippen LogP contribution in [0.4, 0.5) is 4.79 Å². The van der Waals surface area contributed by atoms with Gasteiger partial charge in [-0.2, -0.15) is 5.10 Å². The van der Waals surface area contributed by atoms with E-state index < -0.39 is 0 Å². The molecule has 8 nitrogen and oxygen atoms in total. The summed E-state index contributed by atoms with van der Waals surface area (Å²) in [7, 11) is 0. The lowest BCUT2D eigenvalue weighted by atomic mass is 9.88. The maximum absolute atomic E-state index is 13.1. The summed E-state index contributed by atoms with van der Waals surface area (Å²) in [6.45, 7) is 7.53. The molecule has 8 heteroatoms. The second-order valence-corrected chi connectivity index (χ2v) is 11.6. The van der Waals surface area contributed by atoms with Crippen LogP contribution in [0.5, 0.6) is 0 Å². The third-order valence-corrected chi connectivity index (χ3v) is 7.67. The first-order valence-corrected chi connectivity index (χ1v) is 13.6. The van der Waals surface area contributed by atoms with E-state index in [-0.39, 0.29) is 23.4 Å². The monoisotopic (exact) mass is 522 g/mol. The standard InChI is InChI=1S/C31H34N6O2/c1-31(2,3)35-30(39)36-14-13-24-23(22-10-12-28-33-19-34-37(28)17-22)11-9-21(27(24)18-36)16-32-29(38)26-15-25(26)20-7-5-4-6-8-20/h4-12,17,19,25-26H,13-16,18H2,1-3H3,(H,32,38)(H,35,39)/t25-,26+/m1/s1. The SMILES string of the molecule is CC(C)(C)NC(=O)N1CCc2c(-c3ccc4ncnn4c3)ccc(CNC(=O)[C@H]3C[C@@H]3c3ccccc3)c2C1. The highest BCUT2D eigenvalue weighted by Gasteiger charge is 2.43. The number of hydrogen-bond donors (Lipinski definition) is 2. The predicted octanol–water partition coefficient (Wildman–Crippen LogP) is 4.68. The Hall–Kier alpha value is -4.20. The van der Waals surface area contributed by atoms with Gasteiger partial charge in [-0.05, 0) is 79.5 Å². The Morgan fingerprint density at radius 1 is 1.03 bits per heavy atom. The molecule has 2 aliphatic rings. The molecule has 39 heavy (non-hydrogen) atoms. The van der Waals surface area contributed by atoms with Crippen LogP contribution in [0.15, 0.2) is 67.1 Å². The van der Waals surface area contributed by atoms with Gasteiger partial charge in [-0.1, -0.05) is 42.5 Å². The third-order valence-electron chi connectivity index (χ3n) is 7.67. The van der Waals surface area contributed by atoms with E-state index in [4.69, 9.17) is 0 Å². The fourth-order valence-corrected chi connectivity index (χ4v) is 5.59. The number of fused-ring (bicyclic) bond motifs is 2. The average Bonchev–Trinajstić information content (AvgIpc) is 3.60. The number of urea groups is 1. The molecule has 0 bridgehead atoms. The quantitative estimate of drug-likeness (QED) is 0.398. The summed E-state index contributed by atoms with van der Waals surface area (Å²) in [5.41, 5.74) is 7.26. The lowest BCUT2D eigenvalue weighted by Crippen LogP contribution is -2.50. The zero-order valence-electron chi connectivity index (χ0n) is 22.6. The number of nitrogens with zero attached hydrogens (tertiary/aromatic N) is 4. The zero-order chi connectivity index (χ0) is 27.1. The molecule has 0 unspecified atom stereocenters. The van der Waals surface area contributed by atoms with Gasteiger partial charge >= 0.3 is 6.03 Å². The number of amides is 3. The average molecular weight is 523 g/mol. The molecule has 1 fully saturated rings. The van der Waals surface area contributed by atoms with E-state index in [1.807, 2.05) is 56.1 Å². The van der Waals surface area contributed by atoms with E-state index in [1.54, 1.807) is 10.8 Å². The van der Waals surface area contributed by atoms with Crippen molar-refractivity contribution < 1.29 is 9.59 Å². The summed E-state index contributed by atoms with van der Waals surface area (Å²) in [5, 5.41) is 10.6. The number of aromatic nitrogens is 3. The summed E-state index contributed by atoms with van der Waals surface area (Å²) in [6, 6.07) is 18.4. The molecule has 2 aromatic heterocycles. The smallest absolute Gasteiger partial charge is 0.318 e. The Balaban J connectivity index is 1.26. The minimum atomic E-state index is -0.317. The zero-order valence-corrected chi connectivity index (χ0v) is 22.6. The Morgan fingerprint density at radius 3 is 2.64 bits per heavy atom. The summed E-state index contributed by atoms with van der Waals surface area (Å²) in [6.07, 6.45) is 5.17. The van der Waals surface area contributed by atoms with Crippen LogP contribution in [0.25, 0.3) is 16.8 Å². The Morgan fingerprint density at radius 2 is 1.85 bits per heavy atom. The van der Waals surface area contributed by atoms with E-state index in [0.29, 0.717) is 25.6 Å². The number of pyridine rings is 1. The molecule has 1 aliphatic carbocycles. The first kappa shape index (κ1) is 25.1. The highest BCUT2D eigenvalue weighted by atomic mass is 16.2. The molecular weight excluding hydrogens is 488 g/mol. The van der Waals surface area contributed by atoms with Crippen LogP contribution >= 0.6 is 0 Å². The van der Waals surface area contributed by atoms with E-state index in [9.17, 15) is 9.59 Å². The summed E-state index contributed by atoms with van der Waals surface area (Å²) in [4.78, 5) is 32.2. The van der Waals surface area contributed by atoms with Gasteiger partial charge in [0, 0.05) is 42.9 Å². The summed E-state index contributed by atoms with van der Waals surface area (Å²) >= 11 is 0. The fourth-order valence-electron chi connectivity index (χ4n) is 5.59. The van der Waals surface area contributed by atoms with Crippen LogP contribution in [0.3, 0.4) is 0 Å². The number of hydrogen-bond acceptors (Lipinski definition) is 4. The van der Waals surface area contributed by atoms with Gasteiger partial charge in [0.05, 0.1) is 0 Å². The van der Waals surface area contributed by atoms with Crippen molar-refractivity contribution in [1.82, 2.24) is 30.1 Å². The molecule has 6 rings (SSSR count). The van der Waals surface area contributed by atoms with Gasteiger partial charge < -0.3 is 15.5 Å². The van der Waals surface area contributed by atoms with Crippen molar-refractivity contribution in [1.29, 1.82) is 0 Å². The maximum atomic E-state index is 13.1. The van der Waals surface area contributed by atoms with Crippen molar-refractivity contribution in [2.45, 2.75) is 58.2 Å². The molecule has 1 aliphatic heterocycles. The van der Waals surface area contributed by atoms with E-state index >= 15 is 0 Å². The highest BCUT2D eigenvalue weighted by molar-refractivity contribution is 5.83. The van der Waals surface area contributed by atoms with Gasteiger partial charge in [0.1, 0.15) is 6.33 Å². The second-order valence-electron chi connectivity index (χ2n) is 11.6. The van der Waals surface area contributed by atoms with E-state index in [2.05, 4.69) is 51.0 Å². The molecule has 0 spiro atoms. The van der Waals surface area contributed by atoms with Crippen LogP contribution in [0.2, 0.25) is 0 Å². The number of carbonyl (C=O) groups is 2. The first-order chi connectivity index (χ1) is 18.8. The highest BCUT2D eigenvalue weighted by Crippen LogP contribution is 2.47. The van der Waals surface area contributed by atoms with E-state index in [1.165, 1.54) is 11.1 Å². The van der Waals surface area contributed by atoms with Crippen molar-refractivity contribution in [2.75, 3.05) is 6.54 Å². The van der Waals surface area contributed by atoms with Gasteiger partial charge in [0.25, 0.3) is 0 Å². The molecule has 2 aromatic carbocycles. The molecule has 0 saturated heterocycles. The normalized spacial score (nSPS) is 18.5. The number of benzene rings is 2. The van der Waals surface area contributed by atoms with Gasteiger partial charge in [-0.15, -0.1) is 0 Å². The summed E-state index contributed by atoms with van der Waals surface area (Å²) < 4.78 is 1.78. The minimum Gasteiger partial charge on any atom is -0.352 e. The number of nitrogens with one attached hydrogen (secondary N) is 2. The molecule has 4 aromatic rings. The lowest BCUT2D eigenvalue weighted by molar-refractivity contribution is -0.122. The Labute approximate surface area is 228 Å². The van der Waals surface area contributed by atoms with Crippen LogP contribution in [-0.4, -0.2) is 43.5 Å². The van der Waals surface area contributed by atoms with Gasteiger partial charge in [-0.3, -0.25) is 4.79 Å². The van der Waals surface area contributed by atoms with Crippen LogP contribution in [-0.2, 0) is 24.3 Å². The molecule has 0 radical (unpaired) electrons. The molecule has 2 atom stereocenters. The Bertz CT molecular complexity index is 1540. The second kappa shape index (κ2) is 9.84. The molecule has 1 saturated carbocycles. The fraction of sp³-hybridized carbons (Fsp3) is 0.355. The number of carbonyl (C=O) groups excluding carboxylic acids is 2. The predicted molar refractivity (Wildman–Crippen MR) is 150 cm³/mol. The minimum absolute atomic E-state index is 0.0194. The van der Waals surface area contributed by atoms with Crippen molar-refractivity contribution in [2.24, 2.45) is 5.92 Å². The molecule has 200 valence electrons. The number of rotatable bonds is 5. The topological polar surface area (TPSA) is 91.6 Å². The molecule has 3 amide bonds.